The van der Waals surface area contributed by atoms with Crippen LogP contribution in [0.5, 0.6) is 0 Å². The Balaban J connectivity index is 1.54. The van der Waals surface area contributed by atoms with Crippen LogP contribution in [0.2, 0.25) is 0 Å². The van der Waals surface area contributed by atoms with Gasteiger partial charge in [0.05, 0.1) is 11.6 Å². The Bertz CT molecular complexity index is 454. The summed E-state index contributed by atoms with van der Waals surface area (Å²) in [7, 11) is 0. The van der Waals surface area contributed by atoms with Crippen molar-refractivity contribution in [3.8, 4) is 0 Å². The van der Waals surface area contributed by atoms with Crippen molar-refractivity contribution in [2.45, 2.75) is 5.75 Å². The van der Waals surface area contributed by atoms with Crippen LogP contribution < -0.4 is 5.32 Å². The molecule has 6 heteroatoms. The van der Waals surface area contributed by atoms with Gasteiger partial charge in [0.2, 0.25) is 11.8 Å². The number of thioether (sulfide) groups is 2. The molecule has 0 spiro atoms. The Labute approximate surface area is 127 Å². The number of carbonyl (C=O) groups is 2. The Morgan fingerprint density at radius 2 is 2.15 bits per heavy atom. The number of rotatable bonds is 7. The largest absolute Gasteiger partial charge is 0.354 e. The molecular weight excluding hydrogens is 292 g/mol. The smallest absolute Gasteiger partial charge is 0.239 e. The Kier molecular flexibility index (Phi) is 6.26. The minimum Gasteiger partial charge on any atom is -0.354 e. The van der Waals surface area contributed by atoms with Crippen LogP contribution in [0.15, 0.2) is 30.3 Å². The minimum absolute atomic E-state index is 0.0589. The van der Waals surface area contributed by atoms with Crippen LogP contribution in [0.25, 0.3) is 0 Å². The van der Waals surface area contributed by atoms with Gasteiger partial charge >= 0.3 is 0 Å². The van der Waals surface area contributed by atoms with E-state index < -0.39 is 0 Å². The van der Waals surface area contributed by atoms with E-state index in [9.17, 15) is 9.59 Å². The van der Waals surface area contributed by atoms with Gasteiger partial charge in [-0.15, -0.1) is 11.8 Å². The van der Waals surface area contributed by atoms with Crippen LogP contribution in [0, 0.1) is 0 Å². The summed E-state index contributed by atoms with van der Waals surface area (Å²) in [6, 6.07) is 10.3. The Hall–Kier alpha value is -1.14. The molecule has 1 fully saturated rings. The van der Waals surface area contributed by atoms with Crippen molar-refractivity contribution in [2.75, 3.05) is 30.5 Å². The Morgan fingerprint density at radius 1 is 1.35 bits per heavy atom. The van der Waals surface area contributed by atoms with Gasteiger partial charge in [-0.2, -0.15) is 11.8 Å². The molecule has 108 valence electrons. The van der Waals surface area contributed by atoms with Crippen LogP contribution in [-0.2, 0) is 15.3 Å². The Morgan fingerprint density at radius 3 is 2.85 bits per heavy atom. The molecule has 0 saturated carbocycles. The molecule has 0 atom stereocenters. The summed E-state index contributed by atoms with van der Waals surface area (Å²) in [5, 5.41) is 2.85. The number of nitrogens with one attached hydrogen (secondary N) is 1. The highest BCUT2D eigenvalue weighted by molar-refractivity contribution is 8.00. The summed E-state index contributed by atoms with van der Waals surface area (Å²) in [4.78, 5) is 24.6. The molecule has 1 heterocycles. The first kappa shape index (κ1) is 15.3. The molecule has 1 aliphatic heterocycles. The van der Waals surface area contributed by atoms with Crippen LogP contribution in [0.3, 0.4) is 0 Å². The van der Waals surface area contributed by atoms with E-state index in [1.54, 1.807) is 28.4 Å². The fraction of sp³-hybridized carbons (Fsp3) is 0.429. The monoisotopic (exact) mass is 310 g/mol. The molecule has 1 saturated heterocycles. The number of amides is 2. The summed E-state index contributed by atoms with van der Waals surface area (Å²) < 4.78 is 0. The van der Waals surface area contributed by atoms with Gasteiger partial charge in [-0.25, -0.2) is 0 Å². The van der Waals surface area contributed by atoms with Crippen molar-refractivity contribution in [1.29, 1.82) is 0 Å². The average Bonchev–Trinajstić information content (AvgIpc) is 2.85. The number of benzene rings is 1. The SMILES string of the molecule is O=C(CN1CSCC1=O)NCCSCc1ccccc1. The average molecular weight is 310 g/mol. The lowest BCUT2D eigenvalue weighted by atomic mass is 10.2. The van der Waals surface area contributed by atoms with Crippen molar-refractivity contribution >= 4 is 35.3 Å². The van der Waals surface area contributed by atoms with Crippen LogP contribution in [0.4, 0.5) is 0 Å². The molecule has 20 heavy (non-hydrogen) atoms. The lowest BCUT2D eigenvalue weighted by molar-refractivity contribution is -0.132. The zero-order valence-corrected chi connectivity index (χ0v) is 12.8. The van der Waals surface area contributed by atoms with Gasteiger partial charge in [0, 0.05) is 18.1 Å². The van der Waals surface area contributed by atoms with Gasteiger partial charge < -0.3 is 10.2 Å². The number of hydrogen-bond donors (Lipinski definition) is 1. The topological polar surface area (TPSA) is 49.4 Å². The molecule has 0 aliphatic carbocycles. The van der Waals surface area contributed by atoms with E-state index in [4.69, 9.17) is 0 Å². The molecule has 0 radical (unpaired) electrons. The van der Waals surface area contributed by atoms with E-state index in [1.807, 2.05) is 18.2 Å². The molecule has 1 aromatic carbocycles. The molecule has 2 rings (SSSR count). The van der Waals surface area contributed by atoms with Crippen molar-refractivity contribution < 1.29 is 9.59 Å². The first-order valence-corrected chi connectivity index (χ1v) is 8.80. The van der Waals surface area contributed by atoms with E-state index in [-0.39, 0.29) is 18.4 Å². The summed E-state index contributed by atoms with van der Waals surface area (Å²) in [5.41, 5.74) is 1.29. The summed E-state index contributed by atoms with van der Waals surface area (Å²) in [5.74, 6) is 2.96. The number of carbonyl (C=O) groups excluding carboxylic acids is 2. The third kappa shape index (κ3) is 5.09. The maximum absolute atomic E-state index is 11.7. The van der Waals surface area contributed by atoms with Gasteiger partial charge in [0.1, 0.15) is 6.54 Å². The first-order chi connectivity index (χ1) is 9.75. The quantitative estimate of drug-likeness (QED) is 0.777. The molecule has 1 aromatic rings. The third-order valence-electron chi connectivity index (χ3n) is 2.84. The molecule has 1 N–H and O–H groups in total. The summed E-state index contributed by atoms with van der Waals surface area (Å²) >= 11 is 3.35. The summed E-state index contributed by atoms with van der Waals surface area (Å²) in [6.07, 6.45) is 0. The highest BCUT2D eigenvalue weighted by Crippen LogP contribution is 2.14. The van der Waals surface area contributed by atoms with E-state index in [0.717, 1.165) is 11.5 Å². The fourth-order valence-corrected chi connectivity index (χ4v) is 3.52. The maximum Gasteiger partial charge on any atom is 0.239 e. The molecule has 4 nitrogen and oxygen atoms in total. The van der Waals surface area contributed by atoms with E-state index in [2.05, 4.69) is 17.4 Å². The highest BCUT2D eigenvalue weighted by atomic mass is 32.2. The predicted molar refractivity (Wildman–Crippen MR) is 84.7 cm³/mol. The van der Waals surface area contributed by atoms with Crippen LogP contribution in [0.1, 0.15) is 5.56 Å². The fourth-order valence-electron chi connectivity index (χ4n) is 1.80. The van der Waals surface area contributed by atoms with Gasteiger partial charge in [-0.3, -0.25) is 9.59 Å². The van der Waals surface area contributed by atoms with Gasteiger partial charge in [0.15, 0.2) is 0 Å². The number of hydrogen-bond acceptors (Lipinski definition) is 4. The zero-order chi connectivity index (χ0) is 14.2. The summed E-state index contributed by atoms with van der Waals surface area (Å²) in [6.45, 7) is 0.834. The zero-order valence-electron chi connectivity index (χ0n) is 11.2. The second kappa shape index (κ2) is 8.21. The van der Waals surface area contributed by atoms with Crippen molar-refractivity contribution in [1.82, 2.24) is 10.2 Å². The lowest BCUT2D eigenvalue weighted by Crippen LogP contribution is -2.38. The molecule has 1 aliphatic rings. The third-order valence-corrected chi connectivity index (χ3v) is 4.82. The maximum atomic E-state index is 11.7. The molecule has 0 bridgehead atoms. The van der Waals surface area contributed by atoms with Crippen LogP contribution >= 0.6 is 23.5 Å². The van der Waals surface area contributed by atoms with E-state index in [1.165, 1.54) is 5.56 Å². The normalized spacial score (nSPS) is 14.6. The second-order valence-electron chi connectivity index (χ2n) is 4.46. The van der Waals surface area contributed by atoms with Gasteiger partial charge in [-0.1, -0.05) is 30.3 Å². The second-order valence-corrected chi connectivity index (χ2v) is 6.52. The minimum atomic E-state index is -0.0684. The molecule has 0 aromatic heterocycles. The predicted octanol–water partition coefficient (Wildman–Crippen LogP) is 1.57. The van der Waals surface area contributed by atoms with Crippen molar-refractivity contribution in [3.05, 3.63) is 35.9 Å². The first-order valence-electron chi connectivity index (χ1n) is 6.49. The van der Waals surface area contributed by atoms with Crippen molar-refractivity contribution in [2.24, 2.45) is 0 Å². The van der Waals surface area contributed by atoms with E-state index in [0.29, 0.717) is 18.2 Å². The molecule has 2 amide bonds. The standard InChI is InChI=1S/C14H18N2O2S2/c17-13(8-16-11-20-10-14(16)18)15-6-7-19-9-12-4-2-1-3-5-12/h1-5H,6-11H2,(H,15,17). The highest BCUT2D eigenvalue weighted by Gasteiger charge is 2.22. The number of nitrogens with zero attached hydrogens (tertiary/aromatic N) is 1. The lowest BCUT2D eigenvalue weighted by Gasteiger charge is -2.14. The molecular formula is C14H18N2O2S2. The van der Waals surface area contributed by atoms with Crippen LogP contribution in [-0.4, -0.2) is 47.2 Å². The van der Waals surface area contributed by atoms with Gasteiger partial charge in [-0.05, 0) is 5.56 Å². The van der Waals surface area contributed by atoms with Crippen molar-refractivity contribution in [3.63, 3.8) is 0 Å². The van der Waals surface area contributed by atoms with E-state index >= 15 is 0 Å². The van der Waals surface area contributed by atoms with Gasteiger partial charge in [0.25, 0.3) is 0 Å². The molecule has 0 unspecified atom stereocenters.